The first-order valence-corrected chi connectivity index (χ1v) is 10.6. The Morgan fingerprint density at radius 3 is 2.21 bits per heavy atom. The molecule has 6 nitrogen and oxygen atoms in total. The van der Waals surface area contributed by atoms with Gasteiger partial charge < -0.3 is 14.8 Å². The predicted molar refractivity (Wildman–Crippen MR) is 130 cm³/mol. The fourth-order valence-corrected chi connectivity index (χ4v) is 3.84. The molecule has 0 radical (unpaired) electrons. The summed E-state index contributed by atoms with van der Waals surface area (Å²) in [6, 6.07) is 18.4. The molecule has 6 heteroatoms. The molecular weight excluding hydrogens is 416 g/mol. The smallest absolute Gasteiger partial charge is 0.282 e. The summed E-state index contributed by atoms with van der Waals surface area (Å²) < 4.78 is 10.7. The van der Waals surface area contributed by atoms with Crippen LogP contribution >= 0.6 is 0 Å². The molecule has 0 saturated heterocycles. The van der Waals surface area contributed by atoms with Crippen LogP contribution in [-0.2, 0) is 9.59 Å². The van der Waals surface area contributed by atoms with Gasteiger partial charge >= 0.3 is 0 Å². The van der Waals surface area contributed by atoms with Gasteiger partial charge in [0.1, 0.15) is 17.2 Å². The van der Waals surface area contributed by atoms with Gasteiger partial charge in [0, 0.05) is 11.8 Å². The minimum absolute atomic E-state index is 0.232. The molecule has 4 rings (SSSR count). The summed E-state index contributed by atoms with van der Waals surface area (Å²) in [5, 5.41) is 3.26. The Hall–Kier alpha value is -4.06. The molecule has 3 aromatic carbocycles. The van der Waals surface area contributed by atoms with Crippen LogP contribution in [0.15, 0.2) is 66.4 Å². The molecular formula is C27H26N2O4. The fourth-order valence-electron chi connectivity index (χ4n) is 3.84. The summed E-state index contributed by atoms with van der Waals surface area (Å²) in [4.78, 5) is 28.5. The van der Waals surface area contributed by atoms with Gasteiger partial charge in [-0.25, -0.2) is 4.90 Å². The molecule has 0 saturated carbocycles. The van der Waals surface area contributed by atoms with Crippen molar-refractivity contribution >= 4 is 28.8 Å². The number of carbonyl (C=O) groups is 2. The Labute approximate surface area is 193 Å². The zero-order valence-corrected chi connectivity index (χ0v) is 19.4. The average Bonchev–Trinajstić information content (AvgIpc) is 3.06. The summed E-state index contributed by atoms with van der Waals surface area (Å²) in [6.07, 6.45) is 0. The van der Waals surface area contributed by atoms with E-state index in [-0.39, 0.29) is 5.70 Å². The number of methoxy groups -OCH3 is 2. The van der Waals surface area contributed by atoms with Crippen LogP contribution < -0.4 is 19.7 Å². The lowest BCUT2D eigenvalue weighted by molar-refractivity contribution is -0.120. The van der Waals surface area contributed by atoms with E-state index in [1.807, 2.05) is 63.2 Å². The third-order valence-electron chi connectivity index (χ3n) is 5.92. The summed E-state index contributed by atoms with van der Waals surface area (Å²) in [7, 11) is 3.04. The van der Waals surface area contributed by atoms with Crippen LogP contribution in [0.25, 0.3) is 5.57 Å². The number of nitrogens with zero attached hydrogens (tertiary/aromatic N) is 1. The molecule has 0 unspecified atom stereocenters. The number of hydrogen-bond donors (Lipinski definition) is 1. The van der Waals surface area contributed by atoms with Gasteiger partial charge in [0.05, 0.1) is 25.5 Å². The van der Waals surface area contributed by atoms with E-state index in [0.29, 0.717) is 28.3 Å². The summed E-state index contributed by atoms with van der Waals surface area (Å²) >= 11 is 0. The molecule has 1 aliphatic heterocycles. The van der Waals surface area contributed by atoms with Gasteiger partial charge in [-0.3, -0.25) is 9.59 Å². The second-order valence-corrected chi connectivity index (χ2v) is 7.97. The van der Waals surface area contributed by atoms with Gasteiger partial charge in [0.2, 0.25) is 0 Å². The molecule has 0 spiro atoms. The number of anilines is 2. The standard InChI is InChI=1S/C27H26N2O4/c1-16-9-11-19(12-10-16)24-25(28-21-8-6-7-17(2)18(21)3)27(31)29(26(24)30)22-14-13-20(32-4)15-23(22)33-5/h6-15,28H,1-5H3. The van der Waals surface area contributed by atoms with E-state index in [1.54, 1.807) is 25.3 Å². The number of ether oxygens (including phenoxy) is 2. The van der Waals surface area contributed by atoms with Gasteiger partial charge in [-0.15, -0.1) is 0 Å². The van der Waals surface area contributed by atoms with Crippen LogP contribution in [-0.4, -0.2) is 26.0 Å². The second kappa shape index (κ2) is 8.82. The summed E-state index contributed by atoms with van der Waals surface area (Å²) in [6.45, 7) is 5.96. The molecule has 0 atom stereocenters. The van der Waals surface area contributed by atoms with Crippen molar-refractivity contribution in [2.75, 3.05) is 24.4 Å². The van der Waals surface area contributed by atoms with Crippen LogP contribution in [0.1, 0.15) is 22.3 Å². The number of rotatable bonds is 6. The first-order valence-electron chi connectivity index (χ1n) is 10.6. The molecule has 1 aliphatic rings. The number of amides is 2. The quantitative estimate of drug-likeness (QED) is 0.543. The van der Waals surface area contributed by atoms with Crippen LogP contribution in [0, 0.1) is 20.8 Å². The van der Waals surface area contributed by atoms with E-state index in [4.69, 9.17) is 9.47 Å². The highest BCUT2D eigenvalue weighted by molar-refractivity contribution is 6.46. The molecule has 168 valence electrons. The van der Waals surface area contributed by atoms with Crippen LogP contribution in [0.4, 0.5) is 11.4 Å². The maximum absolute atomic E-state index is 13.7. The monoisotopic (exact) mass is 442 g/mol. The highest BCUT2D eigenvalue weighted by Gasteiger charge is 2.41. The SMILES string of the molecule is COc1ccc(N2C(=O)C(Nc3cccc(C)c3C)=C(c3ccc(C)cc3)C2=O)c(OC)c1. The van der Waals surface area contributed by atoms with Crippen molar-refractivity contribution in [2.24, 2.45) is 0 Å². The largest absolute Gasteiger partial charge is 0.497 e. The number of imide groups is 1. The van der Waals surface area contributed by atoms with E-state index in [0.717, 1.165) is 27.3 Å². The first-order chi connectivity index (χ1) is 15.8. The van der Waals surface area contributed by atoms with Gasteiger partial charge in [0.25, 0.3) is 11.8 Å². The number of hydrogen-bond acceptors (Lipinski definition) is 5. The lowest BCUT2D eigenvalue weighted by Gasteiger charge is -2.19. The van der Waals surface area contributed by atoms with Crippen molar-refractivity contribution in [1.29, 1.82) is 0 Å². The lowest BCUT2D eigenvalue weighted by atomic mass is 10.0. The van der Waals surface area contributed by atoms with Crippen molar-refractivity contribution in [1.82, 2.24) is 0 Å². The van der Waals surface area contributed by atoms with Crippen LogP contribution in [0.3, 0.4) is 0 Å². The molecule has 0 fully saturated rings. The number of carbonyl (C=O) groups excluding carboxylic acids is 2. The van der Waals surface area contributed by atoms with Crippen molar-refractivity contribution in [3.63, 3.8) is 0 Å². The topological polar surface area (TPSA) is 67.9 Å². The number of aryl methyl sites for hydroxylation is 2. The zero-order chi connectivity index (χ0) is 23.7. The van der Waals surface area contributed by atoms with Crippen LogP contribution in [0.2, 0.25) is 0 Å². The Kier molecular flexibility index (Phi) is 5.92. The average molecular weight is 443 g/mol. The minimum Gasteiger partial charge on any atom is -0.497 e. The van der Waals surface area contributed by atoms with Gasteiger partial charge in [0.15, 0.2) is 0 Å². The lowest BCUT2D eigenvalue weighted by Crippen LogP contribution is -2.32. The molecule has 0 aromatic heterocycles. The third-order valence-corrected chi connectivity index (χ3v) is 5.92. The second-order valence-electron chi connectivity index (χ2n) is 7.97. The Balaban J connectivity index is 1.86. The Morgan fingerprint density at radius 1 is 0.818 bits per heavy atom. The molecule has 1 heterocycles. The summed E-state index contributed by atoms with van der Waals surface area (Å²) in [5.41, 5.74) is 5.51. The third kappa shape index (κ3) is 3.96. The van der Waals surface area contributed by atoms with Crippen LogP contribution in [0.5, 0.6) is 11.5 Å². The number of benzene rings is 3. The molecule has 33 heavy (non-hydrogen) atoms. The molecule has 3 aromatic rings. The van der Waals surface area contributed by atoms with E-state index >= 15 is 0 Å². The Morgan fingerprint density at radius 2 is 1.55 bits per heavy atom. The minimum atomic E-state index is -0.444. The predicted octanol–water partition coefficient (Wildman–Crippen LogP) is 5.03. The van der Waals surface area contributed by atoms with E-state index < -0.39 is 11.8 Å². The first kappa shape index (κ1) is 22.1. The van der Waals surface area contributed by atoms with Gasteiger partial charge in [-0.05, 0) is 55.7 Å². The fraction of sp³-hybridized carbons (Fsp3) is 0.185. The zero-order valence-electron chi connectivity index (χ0n) is 19.4. The maximum Gasteiger partial charge on any atom is 0.282 e. The van der Waals surface area contributed by atoms with Crippen molar-refractivity contribution in [2.45, 2.75) is 20.8 Å². The van der Waals surface area contributed by atoms with E-state index in [1.165, 1.54) is 7.11 Å². The van der Waals surface area contributed by atoms with E-state index in [2.05, 4.69) is 5.32 Å². The van der Waals surface area contributed by atoms with Crippen molar-refractivity contribution in [3.05, 3.63) is 88.6 Å². The Bertz CT molecular complexity index is 1280. The summed E-state index contributed by atoms with van der Waals surface area (Å²) in [5.74, 6) is 0.0718. The van der Waals surface area contributed by atoms with Gasteiger partial charge in [-0.1, -0.05) is 42.0 Å². The van der Waals surface area contributed by atoms with Gasteiger partial charge in [-0.2, -0.15) is 0 Å². The molecule has 0 aliphatic carbocycles. The van der Waals surface area contributed by atoms with Crippen molar-refractivity contribution < 1.29 is 19.1 Å². The van der Waals surface area contributed by atoms with Crippen molar-refractivity contribution in [3.8, 4) is 11.5 Å². The number of nitrogens with one attached hydrogen (secondary N) is 1. The maximum atomic E-state index is 13.7. The molecule has 2 amide bonds. The normalized spacial score (nSPS) is 13.5. The molecule has 1 N–H and O–H groups in total. The highest BCUT2D eigenvalue weighted by Crippen LogP contribution is 2.39. The van der Waals surface area contributed by atoms with E-state index in [9.17, 15) is 9.59 Å². The molecule has 0 bridgehead atoms. The highest BCUT2D eigenvalue weighted by atomic mass is 16.5.